The molecule has 0 radical (unpaired) electrons. The van der Waals surface area contributed by atoms with Crippen molar-refractivity contribution in [3.8, 4) is 0 Å². The molecule has 0 amide bonds. The van der Waals surface area contributed by atoms with Crippen LogP contribution in [-0.2, 0) is 13.1 Å². The fourth-order valence-corrected chi connectivity index (χ4v) is 2.74. The van der Waals surface area contributed by atoms with Crippen molar-refractivity contribution < 1.29 is 4.39 Å². The van der Waals surface area contributed by atoms with Gasteiger partial charge in [0, 0.05) is 36.8 Å². The van der Waals surface area contributed by atoms with E-state index in [-0.39, 0.29) is 12.4 Å². The Balaban J connectivity index is 2.13. The van der Waals surface area contributed by atoms with E-state index in [2.05, 4.69) is 18.7 Å². The molecule has 0 bridgehead atoms. The summed E-state index contributed by atoms with van der Waals surface area (Å²) in [6.45, 7) is 6.50. The molecule has 3 heteroatoms. The molecule has 1 aromatic rings. The summed E-state index contributed by atoms with van der Waals surface area (Å²) < 4.78 is 14.0. The Hall–Kier alpha value is -0.930. The van der Waals surface area contributed by atoms with Crippen LogP contribution in [0.25, 0.3) is 0 Å². The zero-order chi connectivity index (χ0) is 12.4. The zero-order valence-electron chi connectivity index (χ0n) is 10.6. The van der Waals surface area contributed by atoms with Crippen LogP contribution in [0.15, 0.2) is 18.2 Å². The van der Waals surface area contributed by atoms with E-state index in [1.807, 2.05) is 12.1 Å². The van der Waals surface area contributed by atoms with Crippen molar-refractivity contribution in [2.75, 3.05) is 6.54 Å². The third kappa shape index (κ3) is 2.67. The second-order valence-corrected chi connectivity index (χ2v) is 5.21. The van der Waals surface area contributed by atoms with Gasteiger partial charge in [-0.1, -0.05) is 25.1 Å². The van der Waals surface area contributed by atoms with E-state index in [0.29, 0.717) is 24.1 Å². The fraction of sp³-hybridized carbons (Fsp3) is 0.571. The van der Waals surface area contributed by atoms with Gasteiger partial charge in [-0.25, -0.2) is 4.39 Å². The molecular formula is C14H21FN2. The predicted molar refractivity (Wildman–Crippen MR) is 67.9 cm³/mol. The smallest absolute Gasteiger partial charge is 0.132 e. The summed E-state index contributed by atoms with van der Waals surface area (Å²) in [7, 11) is 0. The molecule has 2 atom stereocenters. The molecule has 2 unspecified atom stereocenters. The third-order valence-corrected chi connectivity index (χ3v) is 3.67. The first-order valence-corrected chi connectivity index (χ1v) is 6.32. The van der Waals surface area contributed by atoms with E-state index < -0.39 is 0 Å². The maximum absolute atomic E-state index is 14.0. The normalized spacial score (nSPS) is 25.4. The second kappa shape index (κ2) is 5.15. The molecule has 17 heavy (non-hydrogen) atoms. The first kappa shape index (κ1) is 12.5. The summed E-state index contributed by atoms with van der Waals surface area (Å²) in [5, 5.41) is 0. The van der Waals surface area contributed by atoms with Crippen molar-refractivity contribution in [1.29, 1.82) is 0 Å². The number of nitrogens with two attached hydrogens (primary N) is 1. The molecule has 2 nitrogen and oxygen atoms in total. The zero-order valence-corrected chi connectivity index (χ0v) is 10.6. The SMILES string of the molecule is CC1CC(C)N(Cc2cccc(CN)c2F)C1. The lowest BCUT2D eigenvalue weighted by Crippen LogP contribution is -2.27. The Kier molecular flexibility index (Phi) is 3.79. The van der Waals surface area contributed by atoms with Crippen LogP contribution in [0.3, 0.4) is 0 Å². The van der Waals surface area contributed by atoms with Crippen molar-refractivity contribution >= 4 is 0 Å². The van der Waals surface area contributed by atoms with E-state index >= 15 is 0 Å². The highest BCUT2D eigenvalue weighted by Crippen LogP contribution is 2.25. The first-order valence-electron chi connectivity index (χ1n) is 6.32. The molecule has 1 saturated heterocycles. The maximum Gasteiger partial charge on any atom is 0.132 e. The van der Waals surface area contributed by atoms with Gasteiger partial charge in [0.1, 0.15) is 5.82 Å². The molecule has 2 N–H and O–H groups in total. The summed E-state index contributed by atoms with van der Waals surface area (Å²) in [6.07, 6.45) is 1.21. The molecule has 1 aliphatic heterocycles. The van der Waals surface area contributed by atoms with E-state index in [0.717, 1.165) is 12.1 Å². The van der Waals surface area contributed by atoms with Crippen molar-refractivity contribution in [3.63, 3.8) is 0 Å². The summed E-state index contributed by atoms with van der Waals surface area (Å²) in [5.74, 6) is 0.590. The minimum atomic E-state index is -0.123. The van der Waals surface area contributed by atoms with E-state index in [1.165, 1.54) is 6.42 Å². The highest BCUT2D eigenvalue weighted by molar-refractivity contribution is 5.26. The summed E-state index contributed by atoms with van der Waals surface area (Å²) >= 11 is 0. The molecule has 1 aromatic carbocycles. The van der Waals surface area contributed by atoms with Gasteiger partial charge >= 0.3 is 0 Å². The lowest BCUT2D eigenvalue weighted by Gasteiger charge is -2.21. The Morgan fingerprint density at radius 2 is 2.06 bits per heavy atom. The van der Waals surface area contributed by atoms with Crippen LogP contribution in [0.4, 0.5) is 4.39 Å². The molecule has 1 aliphatic rings. The summed E-state index contributed by atoms with van der Waals surface area (Å²) in [5.41, 5.74) is 6.91. The number of hydrogen-bond donors (Lipinski definition) is 1. The van der Waals surface area contributed by atoms with Crippen LogP contribution in [0.1, 0.15) is 31.4 Å². The molecule has 0 aromatic heterocycles. The highest BCUT2D eigenvalue weighted by Gasteiger charge is 2.26. The van der Waals surface area contributed by atoms with Gasteiger partial charge in [0.25, 0.3) is 0 Å². The molecule has 0 saturated carbocycles. The molecule has 1 heterocycles. The predicted octanol–water partition coefficient (Wildman–Crippen LogP) is 2.51. The number of nitrogens with zero attached hydrogens (tertiary/aromatic N) is 1. The maximum atomic E-state index is 14.0. The van der Waals surface area contributed by atoms with Crippen molar-refractivity contribution in [2.45, 2.75) is 39.4 Å². The Morgan fingerprint density at radius 3 is 2.65 bits per heavy atom. The quantitative estimate of drug-likeness (QED) is 0.873. The molecule has 94 valence electrons. The van der Waals surface area contributed by atoms with Crippen LogP contribution in [0.5, 0.6) is 0 Å². The van der Waals surface area contributed by atoms with Gasteiger partial charge in [-0.15, -0.1) is 0 Å². The number of halogens is 1. The second-order valence-electron chi connectivity index (χ2n) is 5.21. The number of rotatable bonds is 3. The first-order chi connectivity index (χ1) is 8.11. The molecular weight excluding hydrogens is 215 g/mol. The van der Waals surface area contributed by atoms with Crippen LogP contribution < -0.4 is 5.73 Å². The number of likely N-dealkylation sites (tertiary alicyclic amines) is 1. The van der Waals surface area contributed by atoms with Crippen LogP contribution in [-0.4, -0.2) is 17.5 Å². The average molecular weight is 236 g/mol. The van der Waals surface area contributed by atoms with Gasteiger partial charge < -0.3 is 5.73 Å². The van der Waals surface area contributed by atoms with Crippen LogP contribution in [0, 0.1) is 11.7 Å². The van der Waals surface area contributed by atoms with Gasteiger partial charge in [-0.3, -0.25) is 4.90 Å². The third-order valence-electron chi connectivity index (χ3n) is 3.67. The Bertz CT molecular complexity index is 392. The fourth-order valence-electron chi connectivity index (χ4n) is 2.74. The summed E-state index contributed by atoms with van der Waals surface area (Å²) in [4.78, 5) is 2.35. The van der Waals surface area contributed by atoms with Gasteiger partial charge in [-0.2, -0.15) is 0 Å². The molecule has 0 spiro atoms. The highest BCUT2D eigenvalue weighted by atomic mass is 19.1. The minimum absolute atomic E-state index is 0.123. The van der Waals surface area contributed by atoms with Crippen molar-refractivity contribution in [1.82, 2.24) is 4.90 Å². The van der Waals surface area contributed by atoms with Crippen LogP contribution >= 0.6 is 0 Å². The van der Waals surface area contributed by atoms with E-state index in [4.69, 9.17) is 5.73 Å². The number of benzene rings is 1. The average Bonchev–Trinajstić information content (AvgIpc) is 2.60. The topological polar surface area (TPSA) is 29.3 Å². The van der Waals surface area contributed by atoms with Gasteiger partial charge in [0.15, 0.2) is 0 Å². The van der Waals surface area contributed by atoms with Crippen LogP contribution in [0.2, 0.25) is 0 Å². The van der Waals surface area contributed by atoms with E-state index in [9.17, 15) is 4.39 Å². The Labute approximate surface area is 103 Å². The van der Waals surface area contributed by atoms with Gasteiger partial charge in [0.2, 0.25) is 0 Å². The lowest BCUT2D eigenvalue weighted by molar-refractivity contribution is 0.253. The lowest BCUT2D eigenvalue weighted by atomic mass is 10.1. The van der Waals surface area contributed by atoms with E-state index in [1.54, 1.807) is 6.07 Å². The van der Waals surface area contributed by atoms with Crippen molar-refractivity contribution in [3.05, 3.63) is 35.1 Å². The molecule has 2 rings (SSSR count). The van der Waals surface area contributed by atoms with Crippen molar-refractivity contribution in [2.24, 2.45) is 11.7 Å². The minimum Gasteiger partial charge on any atom is -0.326 e. The van der Waals surface area contributed by atoms with Gasteiger partial charge in [-0.05, 0) is 19.3 Å². The monoisotopic (exact) mass is 236 g/mol. The number of hydrogen-bond acceptors (Lipinski definition) is 2. The largest absolute Gasteiger partial charge is 0.326 e. The standard InChI is InChI=1S/C14H21FN2/c1-10-6-11(2)17(8-10)9-13-5-3-4-12(7-16)14(13)15/h3-5,10-11H,6-9,16H2,1-2H3. The molecule has 1 fully saturated rings. The summed E-state index contributed by atoms with van der Waals surface area (Å²) in [6, 6.07) is 6.06. The molecule has 0 aliphatic carbocycles. The van der Waals surface area contributed by atoms with Gasteiger partial charge in [0.05, 0.1) is 0 Å². The Morgan fingerprint density at radius 1 is 1.35 bits per heavy atom.